The molecule has 5 rings (SSSR count). The van der Waals surface area contributed by atoms with Crippen molar-refractivity contribution in [2.24, 2.45) is 5.92 Å². The van der Waals surface area contributed by atoms with Crippen LogP contribution in [0.3, 0.4) is 0 Å². The van der Waals surface area contributed by atoms with Crippen molar-refractivity contribution in [1.82, 2.24) is 9.80 Å². The molecule has 2 aliphatic rings. The first-order chi connectivity index (χ1) is 18.9. The predicted octanol–water partition coefficient (Wildman–Crippen LogP) is 5.43. The Morgan fingerprint density at radius 2 is 1.95 bits per heavy atom. The lowest BCUT2D eigenvalue weighted by atomic mass is 9.99. The molecule has 1 amide bonds. The highest BCUT2D eigenvalue weighted by Crippen LogP contribution is 2.41. The van der Waals surface area contributed by atoms with Crippen LogP contribution in [0.4, 0.5) is 0 Å². The summed E-state index contributed by atoms with van der Waals surface area (Å²) in [5.74, 6) is 3.41. The van der Waals surface area contributed by atoms with Crippen LogP contribution in [0.25, 0.3) is 10.4 Å². The molecule has 2 aromatic carbocycles. The van der Waals surface area contributed by atoms with E-state index in [0.717, 1.165) is 41.3 Å². The van der Waals surface area contributed by atoms with Crippen LogP contribution in [0.15, 0.2) is 42.5 Å². The van der Waals surface area contributed by atoms with Crippen LogP contribution in [-0.2, 0) is 17.8 Å². The maximum Gasteiger partial charge on any atom is 0.227 e. The van der Waals surface area contributed by atoms with Gasteiger partial charge in [0.05, 0.1) is 33.8 Å². The molecule has 0 saturated carbocycles. The average molecular weight is 551 g/mol. The standard InChI is InChI=1S/C31H38N2O5S/c1-21-7-10-29(39-21)24-14-25-19-33(30(34)17-23-15-26(35-3)8-9-27(23)36-4)12-13-37-31(25)28(16-24)38-20-22-6-5-11-32(2)18-22/h7-10,14-16,22H,5-6,11-13,17-20H2,1-4H3. The minimum absolute atomic E-state index is 0.0167. The van der Waals surface area contributed by atoms with Gasteiger partial charge in [0, 0.05) is 39.9 Å². The average Bonchev–Trinajstić information content (AvgIpc) is 3.25. The second-order valence-electron chi connectivity index (χ2n) is 10.5. The highest BCUT2D eigenvalue weighted by Gasteiger charge is 2.26. The summed E-state index contributed by atoms with van der Waals surface area (Å²) < 4.78 is 23.6. The van der Waals surface area contributed by atoms with E-state index >= 15 is 0 Å². The van der Waals surface area contributed by atoms with Gasteiger partial charge in [-0.05, 0) is 81.4 Å². The molecule has 2 aliphatic heterocycles. The molecule has 8 heteroatoms. The summed E-state index contributed by atoms with van der Waals surface area (Å²) in [6, 6.07) is 14.1. The van der Waals surface area contributed by atoms with Gasteiger partial charge in [0.1, 0.15) is 18.1 Å². The van der Waals surface area contributed by atoms with Gasteiger partial charge in [-0.15, -0.1) is 11.3 Å². The molecule has 1 unspecified atom stereocenters. The Hall–Kier alpha value is -3.23. The fourth-order valence-electron chi connectivity index (χ4n) is 5.45. The Kier molecular flexibility index (Phi) is 8.63. The number of likely N-dealkylation sites (tertiary alicyclic amines) is 1. The summed E-state index contributed by atoms with van der Waals surface area (Å²) >= 11 is 1.76. The van der Waals surface area contributed by atoms with E-state index < -0.39 is 0 Å². The lowest BCUT2D eigenvalue weighted by Crippen LogP contribution is -2.34. The Balaban J connectivity index is 1.41. The first-order valence-corrected chi connectivity index (χ1v) is 14.4. The van der Waals surface area contributed by atoms with Crippen LogP contribution in [0.5, 0.6) is 23.0 Å². The monoisotopic (exact) mass is 550 g/mol. The summed E-state index contributed by atoms with van der Waals surface area (Å²) in [6.07, 6.45) is 2.59. The van der Waals surface area contributed by atoms with E-state index in [1.54, 1.807) is 25.6 Å². The summed E-state index contributed by atoms with van der Waals surface area (Å²) in [5.41, 5.74) is 2.87. The second kappa shape index (κ2) is 12.3. The van der Waals surface area contributed by atoms with Crippen molar-refractivity contribution < 1.29 is 23.7 Å². The van der Waals surface area contributed by atoms with E-state index in [2.05, 4.69) is 43.1 Å². The maximum absolute atomic E-state index is 13.5. The van der Waals surface area contributed by atoms with E-state index in [1.807, 2.05) is 23.1 Å². The number of ether oxygens (including phenoxy) is 4. The van der Waals surface area contributed by atoms with Gasteiger partial charge in [-0.25, -0.2) is 0 Å². The van der Waals surface area contributed by atoms with Crippen molar-refractivity contribution >= 4 is 17.2 Å². The third-order valence-corrected chi connectivity index (χ3v) is 8.55. The van der Waals surface area contributed by atoms with Crippen LogP contribution in [0.2, 0.25) is 0 Å². The summed E-state index contributed by atoms with van der Waals surface area (Å²) in [6.45, 7) is 6.34. The lowest BCUT2D eigenvalue weighted by molar-refractivity contribution is -0.131. The number of rotatable bonds is 8. The molecule has 0 radical (unpaired) electrons. The van der Waals surface area contributed by atoms with Crippen LogP contribution in [0, 0.1) is 12.8 Å². The Morgan fingerprint density at radius 1 is 1.08 bits per heavy atom. The summed E-state index contributed by atoms with van der Waals surface area (Å²) in [4.78, 5) is 20.2. The molecule has 7 nitrogen and oxygen atoms in total. The minimum atomic E-state index is 0.0167. The fraction of sp³-hybridized carbons (Fsp3) is 0.452. The number of amides is 1. The van der Waals surface area contributed by atoms with Crippen molar-refractivity contribution in [2.45, 2.75) is 32.7 Å². The molecule has 0 N–H and O–H groups in total. The number of piperidine rings is 1. The topological polar surface area (TPSA) is 60.5 Å². The molecule has 3 aromatic rings. The van der Waals surface area contributed by atoms with Gasteiger partial charge in [-0.1, -0.05) is 0 Å². The van der Waals surface area contributed by atoms with E-state index in [1.165, 1.54) is 22.6 Å². The number of methoxy groups -OCH3 is 2. The van der Waals surface area contributed by atoms with Crippen molar-refractivity contribution in [3.05, 3.63) is 58.5 Å². The van der Waals surface area contributed by atoms with Crippen molar-refractivity contribution in [2.75, 3.05) is 54.1 Å². The Labute approximate surface area is 235 Å². The number of nitrogens with zero attached hydrogens (tertiary/aromatic N) is 2. The molecule has 0 aliphatic carbocycles. The molecule has 0 bridgehead atoms. The summed E-state index contributed by atoms with van der Waals surface area (Å²) in [5, 5.41) is 0. The molecule has 0 spiro atoms. The largest absolute Gasteiger partial charge is 0.497 e. The first kappa shape index (κ1) is 27.3. The molecular weight excluding hydrogens is 512 g/mol. The number of hydrogen-bond donors (Lipinski definition) is 0. The Bertz CT molecular complexity index is 1310. The van der Waals surface area contributed by atoms with E-state index in [9.17, 15) is 4.79 Å². The highest BCUT2D eigenvalue weighted by molar-refractivity contribution is 7.15. The third-order valence-electron chi connectivity index (χ3n) is 7.50. The van der Waals surface area contributed by atoms with Crippen molar-refractivity contribution in [3.8, 4) is 33.4 Å². The van der Waals surface area contributed by atoms with Crippen LogP contribution in [-0.4, -0.2) is 69.8 Å². The maximum atomic E-state index is 13.5. The zero-order chi connectivity index (χ0) is 27.4. The zero-order valence-electron chi connectivity index (χ0n) is 23.3. The van der Waals surface area contributed by atoms with Gasteiger partial charge in [0.2, 0.25) is 5.91 Å². The van der Waals surface area contributed by atoms with Gasteiger partial charge in [0.15, 0.2) is 11.5 Å². The van der Waals surface area contributed by atoms with E-state index in [-0.39, 0.29) is 12.3 Å². The fourth-order valence-corrected chi connectivity index (χ4v) is 6.30. The molecule has 39 heavy (non-hydrogen) atoms. The number of hydrogen-bond acceptors (Lipinski definition) is 7. The van der Waals surface area contributed by atoms with Crippen molar-refractivity contribution in [3.63, 3.8) is 0 Å². The van der Waals surface area contributed by atoms with E-state index in [0.29, 0.717) is 43.7 Å². The highest BCUT2D eigenvalue weighted by atomic mass is 32.1. The number of benzene rings is 2. The van der Waals surface area contributed by atoms with Gasteiger partial charge in [-0.2, -0.15) is 0 Å². The normalized spacial score (nSPS) is 17.6. The second-order valence-corrected chi connectivity index (χ2v) is 11.8. The van der Waals surface area contributed by atoms with Gasteiger partial charge in [-0.3, -0.25) is 4.79 Å². The number of aryl methyl sites for hydroxylation is 1. The zero-order valence-corrected chi connectivity index (χ0v) is 24.1. The molecule has 1 aromatic heterocycles. The minimum Gasteiger partial charge on any atom is -0.497 e. The molecule has 1 atom stereocenters. The molecule has 1 fully saturated rings. The third kappa shape index (κ3) is 6.50. The number of carbonyl (C=O) groups excluding carboxylic acids is 1. The van der Waals surface area contributed by atoms with Crippen molar-refractivity contribution in [1.29, 1.82) is 0 Å². The molecule has 1 saturated heterocycles. The van der Waals surface area contributed by atoms with Gasteiger partial charge in [0.25, 0.3) is 0 Å². The Morgan fingerprint density at radius 3 is 2.69 bits per heavy atom. The smallest absolute Gasteiger partial charge is 0.227 e. The van der Waals surface area contributed by atoms with Crippen LogP contribution < -0.4 is 18.9 Å². The first-order valence-electron chi connectivity index (χ1n) is 13.6. The number of thiophene rings is 1. The van der Waals surface area contributed by atoms with Gasteiger partial charge >= 0.3 is 0 Å². The molecular formula is C31H38N2O5S. The van der Waals surface area contributed by atoms with E-state index in [4.69, 9.17) is 18.9 Å². The van der Waals surface area contributed by atoms with Crippen LogP contribution >= 0.6 is 11.3 Å². The molecule has 3 heterocycles. The predicted molar refractivity (Wildman–Crippen MR) is 154 cm³/mol. The van der Waals surface area contributed by atoms with Crippen LogP contribution in [0.1, 0.15) is 28.8 Å². The quantitative estimate of drug-likeness (QED) is 0.373. The SMILES string of the molecule is COc1ccc(OC)c(CC(=O)N2CCOc3c(cc(-c4ccc(C)s4)cc3OCC3CCCN(C)C3)C2)c1. The summed E-state index contributed by atoms with van der Waals surface area (Å²) in [7, 11) is 5.41. The molecule has 208 valence electrons. The lowest BCUT2D eigenvalue weighted by Gasteiger charge is -2.29. The number of carbonyl (C=O) groups is 1. The number of fused-ring (bicyclic) bond motifs is 1. The van der Waals surface area contributed by atoms with Gasteiger partial charge < -0.3 is 28.7 Å².